The van der Waals surface area contributed by atoms with Gasteiger partial charge in [0.2, 0.25) is 0 Å². The van der Waals surface area contributed by atoms with E-state index in [1.807, 2.05) is 60.7 Å². The minimum atomic E-state index is -0.998. The van der Waals surface area contributed by atoms with Crippen LogP contribution in [-0.4, -0.2) is 29.3 Å². The van der Waals surface area contributed by atoms with E-state index in [9.17, 15) is 14.7 Å². The second-order valence-corrected chi connectivity index (χ2v) is 6.35. The Morgan fingerprint density at radius 3 is 2.04 bits per heavy atom. The van der Waals surface area contributed by atoms with E-state index in [1.54, 1.807) is 0 Å². The Morgan fingerprint density at radius 1 is 0.962 bits per heavy atom. The first-order valence-electron chi connectivity index (χ1n) is 8.43. The van der Waals surface area contributed by atoms with Gasteiger partial charge in [0.15, 0.2) is 0 Å². The van der Waals surface area contributed by atoms with E-state index in [0.29, 0.717) is 6.42 Å². The molecular weight excluding hydrogens is 334 g/mol. The molecule has 1 saturated carbocycles. The van der Waals surface area contributed by atoms with Gasteiger partial charge < -0.3 is 19.9 Å². The molecule has 2 unspecified atom stereocenters. The quantitative estimate of drug-likeness (QED) is 0.745. The van der Waals surface area contributed by atoms with Gasteiger partial charge in [-0.3, -0.25) is 4.79 Å². The molecule has 1 amide bonds. The molecule has 26 heavy (non-hydrogen) atoms. The lowest BCUT2D eigenvalue weighted by Crippen LogP contribution is -2.43. The highest BCUT2D eigenvalue weighted by atomic mass is 16.6. The van der Waals surface area contributed by atoms with Gasteiger partial charge in [0.1, 0.15) is 13.2 Å². The minimum Gasteiger partial charge on any atom is -0.461 e. The molecular formula is C20H21NO5. The standard InChI is InChI=1S/C20H21NO5/c22-14-20(21-19(24)26-13-16-9-5-2-6-10-16)11-17(20)18(23)25-12-15-7-3-1-4-8-15/h1-10,17,22H,11-14H2,(H,21,24). The first kappa shape index (κ1) is 17.9. The van der Waals surface area contributed by atoms with Crippen molar-refractivity contribution in [1.82, 2.24) is 5.32 Å². The summed E-state index contributed by atoms with van der Waals surface area (Å²) in [4.78, 5) is 24.2. The zero-order chi connectivity index (χ0) is 18.4. The van der Waals surface area contributed by atoms with Crippen LogP contribution in [0.5, 0.6) is 0 Å². The number of carbonyl (C=O) groups excluding carboxylic acids is 2. The third-order valence-corrected chi connectivity index (χ3v) is 4.43. The largest absolute Gasteiger partial charge is 0.461 e. The number of hydrogen-bond acceptors (Lipinski definition) is 5. The Hall–Kier alpha value is -2.86. The van der Waals surface area contributed by atoms with Gasteiger partial charge in [-0.25, -0.2) is 4.79 Å². The minimum absolute atomic E-state index is 0.122. The van der Waals surface area contributed by atoms with Gasteiger partial charge in [0.25, 0.3) is 0 Å². The summed E-state index contributed by atoms with van der Waals surface area (Å²) in [5.74, 6) is -1.01. The topological polar surface area (TPSA) is 84.9 Å². The molecule has 2 N–H and O–H groups in total. The van der Waals surface area contributed by atoms with Gasteiger partial charge in [-0.05, 0) is 17.5 Å². The maximum atomic E-state index is 12.2. The van der Waals surface area contributed by atoms with E-state index in [4.69, 9.17) is 9.47 Å². The summed E-state index contributed by atoms with van der Waals surface area (Å²) in [5, 5.41) is 12.2. The van der Waals surface area contributed by atoms with E-state index in [2.05, 4.69) is 5.32 Å². The van der Waals surface area contributed by atoms with Crippen molar-refractivity contribution in [3.63, 3.8) is 0 Å². The number of carbonyl (C=O) groups is 2. The number of benzene rings is 2. The molecule has 1 aliphatic rings. The first-order valence-corrected chi connectivity index (χ1v) is 8.43. The zero-order valence-electron chi connectivity index (χ0n) is 14.3. The molecule has 0 spiro atoms. The predicted octanol–water partition coefficient (Wildman–Crippen LogP) is 2.41. The Balaban J connectivity index is 1.47. The monoisotopic (exact) mass is 355 g/mol. The maximum Gasteiger partial charge on any atom is 0.408 e. The van der Waals surface area contributed by atoms with Crippen LogP contribution < -0.4 is 5.32 Å². The number of alkyl carbamates (subject to hydrolysis) is 1. The molecule has 136 valence electrons. The number of nitrogens with one attached hydrogen (secondary N) is 1. The maximum absolute atomic E-state index is 12.2. The van der Waals surface area contributed by atoms with Gasteiger partial charge in [-0.15, -0.1) is 0 Å². The van der Waals surface area contributed by atoms with E-state index < -0.39 is 23.5 Å². The summed E-state index contributed by atoms with van der Waals surface area (Å²) in [6.45, 7) is -0.0635. The number of rotatable bonds is 7. The van der Waals surface area contributed by atoms with Crippen molar-refractivity contribution < 1.29 is 24.2 Å². The summed E-state index contributed by atoms with van der Waals surface area (Å²) in [5.41, 5.74) is 0.739. The highest BCUT2D eigenvalue weighted by Gasteiger charge is 2.60. The molecule has 2 aromatic carbocycles. The molecule has 0 bridgehead atoms. The molecule has 3 rings (SSSR count). The molecule has 6 heteroatoms. The van der Waals surface area contributed by atoms with Crippen LogP contribution in [0.3, 0.4) is 0 Å². The highest BCUT2D eigenvalue weighted by Crippen LogP contribution is 2.44. The predicted molar refractivity (Wildman–Crippen MR) is 93.9 cm³/mol. The lowest BCUT2D eigenvalue weighted by atomic mass is 10.2. The summed E-state index contributed by atoms with van der Waals surface area (Å²) in [6, 6.07) is 18.6. The second kappa shape index (κ2) is 8.01. The third kappa shape index (κ3) is 4.40. The highest BCUT2D eigenvalue weighted by molar-refractivity contribution is 5.81. The Bertz CT molecular complexity index is 749. The fraction of sp³-hybridized carbons (Fsp3) is 0.300. The smallest absolute Gasteiger partial charge is 0.408 e. The molecule has 0 aromatic heterocycles. The van der Waals surface area contributed by atoms with Crippen molar-refractivity contribution in [1.29, 1.82) is 0 Å². The Labute approximate surface area is 151 Å². The molecule has 6 nitrogen and oxygen atoms in total. The van der Waals surface area contributed by atoms with Crippen molar-refractivity contribution in [3.8, 4) is 0 Å². The molecule has 0 saturated heterocycles. The molecule has 1 aliphatic carbocycles. The first-order chi connectivity index (χ1) is 12.6. The van der Waals surface area contributed by atoms with Gasteiger partial charge in [-0.2, -0.15) is 0 Å². The molecule has 2 aromatic rings. The normalized spacial score (nSPS) is 20.9. The number of aliphatic hydroxyl groups excluding tert-OH is 1. The molecule has 0 radical (unpaired) electrons. The molecule has 0 heterocycles. The van der Waals surface area contributed by atoms with Crippen molar-refractivity contribution in [3.05, 3.63) is 71.8 Å². The second-order valence-electron chi connectivity index (χ2n) is 6.35. The van der Waals surface area contributed by atoms with Gasteiger partial charge >= 0.3 is 12.1 Å². The van der Waals surface area contributed by atoms with Crippen LogP contribution in [0.15, 0.2) is 60.7 Å². The van der Waals surface area contributed by atoms with Crippen LogP contribution in [-0.2, 0) is 27.5 Å². The van der Waals surface area contributed by atoms with Crippen molar-refractivity contribution in [2.45, 2.75) is 25.2 Å². The van der Waals surface area contributed by atoms with Crippen molar-refractivity contribution >= 4 is 12.1 Å². The summed E-state index contributed by atoms with van der Waals surface area (Å²) in [7, 11) is 0. The number of hydrogen-bond donors (Lipinski definition) is 2. The number of amides is 1. The van der Waals surface area contributed by atoms with Gasteiger partial charge in [-0.1, -0.05) is 60.7 Å². The van der Waals surface area contributed by atoms with E-state index in [-0.39, 0.29) is 19.8 Å². The van der Waals surface area contributed by atoms with Crippen LogP contribution >= 0.6 is 0 Å². The number of ether oxygens (including phenoxy) is 2. The van der Waals surface area contributed by atoms with Crippen LogP contribution in [0.4, 0.5) is 4.79 Å². The fourth-order valence-corrected chi connectivity index (χ4v) is 2.76. The fourth-order valence-electron chi connectivity index (χ4n) is 2.76. The van der Waals surface area contributed by atoms with Gasteiger partial charge in [0.05, 0.1) is 18.1 Å². The molecule has 2 atom stereocenters. The summed E-state index contributed by atoms with van der Waals surface area (Å²) in [6.07, 6.45) is -0.335. The lowest BCUT2D eigenvalue weighted by Gasteiger charge is -2.16. The molecule has 1 fully saturated rings. The van der Waals surface area contributed by atoms with Gasteiger partial charge in [0, 0.05) is 0 Å². The average molecular weight is 355 g/mol. The van der Waals surface area contributed by atoms with E-state index in [0.717, 1.165) is 11.1 Å². The van der Waals surface area contributed by atoms with E-state index >= 15 is 0 Å². The van der Waals surface area contributed by atoms with Crippen molar-refractivity contribution in [2.75, 3.05) is 6.61 Å². The van der Waals surface area contributed by atoms with Crippen LogP contribution in [0.2, 0.25) is 0 Å². The SMILES string of the molecule is O=C(NC1(CO)CC1C(=O)OCc1ccccc1)OCc1ccccc1. The number of esters is 1. The third-order valence-electron chi connectivity index (χ3n) is 4.43. The Morgan fingerprint density at radius 2 is 1.50 bits per heavy atom. The van der Waals surface area contributed by atoms with Crippen LogP contribution in [0, 0.1) is 5.92 Å². The van der Waals surface area contributed by atoms with Crippen LogP contribution in [0.25, 0.3) is 0 Å². The van der Waals surface area contributed by atoms with Crippen molar-refractivity contribution in [2.24, 2.45) is 5.92 Å². The summed E-state index contributed by atoms with van der Waals surface area (Å²) >= 11 is 0. The lowest BCUT2D eigenvalue weighted by molar-refractivity contribution is -0.147. The summed E-state index contributed by atoms with van der Waals surface area (Å²) < 4.78 is 10.4. The zero-order valence-corrected chi connectivity index (χ0v) is 14.3. The van der Waals surface area contributed by atoms with E-state index in [1.165, 1.54) is 0 Å². The molecule has 0 aliphatic heterocycles. The Kier molecular flexibility index (Phi) is 5.53. The number of aliphatic hydroxyl groups is 1. The van der Waals surface area contributed by atoms with Crippen LogP contribution in [0.1, 0.15) is 17.5 Å². The average Bonchev–Trinajstić information content (AvgIpc) is 3.40.